The summed E-state index contributed by atoms with van der Waals surface area (Å²) in [5.74, 6) is -0.423. The largest absolute Gasteiger partial charge is 0.478 e. The number of nitrogens with one attached hydrogen (secondary N) is 1. The van der Waals surface area contributed by atoms with Crippen LogP contribution < -0.4 is 4.72 Å². The Hall–Kier alpha value is -1.44. The van der Waals surface area contributed by atoms with Crippen LogP contribution in [-0.2, 0) is 23.1 Å². The van der Waals surface area contributed by atoms with Gasteiger partial charge in [-0.05, 0) is 67.2 Å². The first-order valence-corrected chi connectivity index (χ1v) is 10.4. The third-order valence-corrected chi connectivity index (χ3v) is 7.91. The molecule has 136 valence electrons. The fourth-order valence-corrected chi connectivity index (χ4v) is 6.90. The maximum Gasteiger partial charge on any atom is 0.335 e. The molecule has 2 N–H and O–H groups in total. The van der Waals surface area contributed by atoms with Crippen LogP contribution >= 0.6 is 0 Å². The molecular formula is C18H24N2O4S. The highest BCUT2D eigenvalue weighted by Gasteiger charge is 2.59. The summed E-state index contributed by atoms with van der Waals surface area (Å²) < 4.78 is 29.9. The van der Waals surface area contributed by atoms with Crippen LogP contribution in [0.4, 0.5) is 0 Å². The number of carboxylic acid groups (broad SMARTS) is 1. The Morgan fingerprint density at radius 3 is 2.60 bits per heavy atom. The minimum Gasteiger partial charge on any atom is -0.478 e. The summed E-state index contributed by atoms with van der Waals surface area (Å²) in [6.45, 7) is 3.08. The fraction of sp³-hybridized carbons (Fsp3) is 0.611. The molecule has 2 aliphatic carbocycles. The zero-order valence-electron chi connectivity index (χ0n) is 14.4. The number of rotatable bonds is 3. The molecule has 1 aromatic carbocycles. The van der Waals surface area contributed by atoms with Crippen LogP contribution in [0.2, 0.25) is 0 Å². The van der Waals surface area contributed by atoms with Gasteiger partial charge in [-0.3, -0.25) is 0 Å². The number of benzene rings is 1. The van der Waals surface area contributed by atoms with Gasteiger partial charge in [-0.1, -0.05) is 13.0 Å². The van der Waals surface area contributed by atoms with Gasteiger partial charge in [-0.25, -0.2) is 4.79 Å². The molecule has 1 aromatic rings. The van der Waals surface area contributed by atoms with Crippen molar-refractivity contribution >= 4 is 16.2 Å². The SMILES string of the molecule is CCCN1C[C@@]2(NS1(=O)=O)[C@@H]1CC[C@H]2Cc2cc(C(=O)O)ccc2C1. The van der Waals surface area contributed by atoms with E-state index in [-0.39, 0.29) is 11.8 Å². The lowest BCUT2D eigenvalue weighted by molar-refractivity contribution is 0.0696. The Kier molecular flexibility index (Phi) is 3.94. The zero-order chi connectivity index (χ0) is 17.8. The molecule has 0 unspecified atom stereocenters. The molecule has 1 heterocycles. The molecule has 7 heteroatoms. The normalized spacial score (nSPS) is 33.3. The molecule has 4 rings (SSSR count). The number of hydrogen-bond acceptors (Lipinski definition) is 3. The van der Waals surface area contributed by atoms with Crippen molar-refractivity contribution in [3.63, 3.8) is 0 Å². The lowest BCUT2D eigenvalue weighted by atomic mass is 9.79. The standard InChI is InChI=1S/C18H24N2O4S/c1-2-7-20-11-18(19-25(20,23)24)15-5-6-16(18)10-14-8-13(17(21)22)4-3-12(14)9-15/h3-4,8,15-16,19H,2,5-7,9-11H2,1H3,(H,21,22)/t15-,16+,18-/m1/s1. The van der Waals surface area contributed by atoms with Crippen molar-refractivity contribution in [3.05, 3.63) is 34.9 Å². The van der Waals surface area contributed by atoms with E-state index in [1.165, 1.54) is 5.56 Å². The molecule has 1 saturated carbocycles. The number of nitrogens with zero attached hydrogens (tertiary/aromatic N) is 1. The molecule has 25 heavy (non-hydrogen) atoms. The van der Waals surface area contributed by atoms with Gasteiger partial charge in [0.15, 0.2) is 0 Å². The average molecular weight is 364 g/mol. The maximum absolute atomic E-state index is 12.6. The minimum atomic E-state index is -3.42. The number of carbonyl (C=O) groups is 1. The Labute approximate surface area is 148 Å². The maximum atomic E-state index is 12.6. The first-order valence-electron chi connectivity index (χ1n) is 9.00. The smallest absolute Gasteiger partial charge is 0.335 e. The molecule has 0 radical (unpaired) electrons. The molecule has 0 amide bonds. The van der Waals surface area contributed by atoms with Gasteiger partial charge in [-0.2, -0.15) is 17.4 Å². The van der Waals surface area contributed by atoms with Crippen LogP contribution in [0.25, 0.3) is 0 Å². The van der Waals surface area contributed by atoms with Crippen LogP contribution in [0.1, 0.15) is 47.7 Å². The Balaban J connectivity index is 1.71. The molecule has 1 spiro atoms. The van der Waals surface area contributed by atoms with E-state index in [1.807, 2.05) is 13.0 Å². The van der Waals surface area contributed by atoms with E-state index >= 15 is 0 Å². The molecule has 2 bridgehead atoms. The monoisotopic (exact) mass is 364 g/mol. The molecule has 3 aliphatic rings. The fourth-order valence-electron chi connectivity index (χ4n) is 5.09. The van der Waals surface area contributed by atoms with Gasteiger partial charge in [0.05, 0.1) is 11.1 Å². The highest BCUT2D eigenvalue weighted by atomic mass is 32.2. The highest BCUT2D eigenvalue weighted by Crippen LogP contribution is 2.50. The van der Waals surface area contributed by atoms with E-state index in [9.17, 15) is 18.3 Å². The summed E-state index contributed by atoms with van der Waals surface area (Å²) in [6, 6.07) is 5.36. The summed E-state index contributed by atoms with van der Waals surface area (Å²) in [6.07, 6.45) is 4.37. The second kappa shape index (κ2) is 5.79. The Morgan fingerprint density at radius 2 is 1.96 bits per heavy atom. The predicted octanol–water partition coefficient (Wildman–Crippen LogP) is 1.81. The van der Waals surface area contributed by atoms with E-state index in [1.54, 1.807) is 16.4 Å². The molecule has 0 aromatic heterocycles. The van der Waals surface area contributed by atoms with Gasteiger partial charge >= 0.3 is 5.97 Å². The van der Waals surface area contributed by atoms with Crippen LogP contribution in [-0.4, -0.2) is 42.4 Å². The summed E-state index contributed by atoms with van der Waals surface area (Å²) in [4.78, 5) is 11.3. The summed E-state index contributed by atoms with van der Waals surface area (Å²) >= 11 is 0. The topological polar surface area (TPSA) is 86.7 Å². The van der Waals surface area contributed by atoms with Gasteiger partial charge < -0.3 is 5.11 Å². The van der Waals surface area contributed by atoms with Crippen LogP contribution in [0.15, 0.2) is 18.2 Å². The van der Waals surface area contributed by atoms with Gasteiger partial charge in [0.25, 0.3) is 10.2 Å². The molecule has 1 aliphatic heterocycles. The van der Waals surface area contributed by atoms with Crippen molar-refractivity contribution in [2.45, 2.75) is 44.6 Å². The molecule has 3 atom stereocenters. The van der Waals surface area contributed by atoms with Gasteiger partial charge in [0.1, 0.15) is 0 Å². The minimum absolute atomic E-state index is 0.222. The molecule has 2 fully saturated rings. The van der Waals surface area contributed by atoms with E-state index in [0.717, 1.165) is 37.7 Å². The van der Waals surface area contributed by atoms with Crippen LogP contribution in [0.3, 0.4) is 0 Å². The third kappa shape index (κ3) is 2.60. The van der Waals surface area contributed by atoms with Gasteiger partial charge in [0.2, 0.25) is 0 Å². The summed E-state index contributed by atoms with van der Waals surface area (Å²) in [5.41, 5.74) is 2.14. The predicted molar refractivity (Wildman–Crippen MR) is 93.7 cm³/mol. The lowest BCUT2D eigenvalue weighted by Crippen LogP contribution is -2.52. The Bertz CT molecular complexity index is 822. The van der Waals surface area contributed by atoms with Gasteiger partial charge in [-0.15, -0.1) is 0 Å². The third-order valence-electron chi connectivity index (χ3n) is 6.28. The zero-order valence-corrected chi connectivity index (χ0v) is 15.2. The number of aromatic carboxylic acids is 1. The van der Waals surface area contributed by atoms with Gasteiger partial charge in [0, 0.05) is 13.1 Å². The van der Waals surface area contributed by atoms with E-state index in [2.05, 4.69) is 4.72 Å². The first-order chi connectivity index (χ1) is 11.9. The molecule has 1 saturated heterocycles. The second-order valence-electron chi connectivity index (χ2n) is 7.65. The van der Waals surface area contributed by atoms with Crippen LogP contribution in [0.5, 0.6) is 0 Å². The highest BCUT2D eigenvalue weighted by molar-refractivity contribution is 7.87. The van der Waals surface area contributed by atoms with Crippen molar-refractivity contribution in [1.82, 2.24) is 9.03 Å². The summed E-state index contributed by atoms with van der Waals surface area (Å²) in [5, 5.41) is 9.26. The van der Waals surface area contributed by atoms with E-state index in [4.69, 9.17) is 0 Å². The number of fused-ring (bicyclic) bond motifs is 1. The molecular weight excluding hydrogens is 340 g/mol. The Morgan fingerprint density at radius 1 is 1.28 bits per heavy atom. The van der Waals surface area contributed by atoms with Crippen molar-refractivity contribution < 1.29 is 18.3 Å². The summed E-state index contributed by atoms with van der Waals surface area (Å²) in [7, 11) is -3.42. The van der Waals surface area contributed by atoms with Crippen molar-refractivity contribution in [2.24, 2.45) is 11.8 Å². The van der Waals surface area contributed by atoms with Crippen molar-refractivity contribution in [1.29, 1.82) is 0 Å². The lowest BCUT2D eigenvalue weighted by Gasteiger charge is -2.33. The first kappa shape index (κ1) is 17.0. The van der Waals surface area contributed by atoms with E-state index < -0.39 is 21.7 Å². The van der Waals surface area contributed by atoms with Crippen molar-refractivity contribution in [3.8, 4) is 0 Å². The van der Waals surface area contributed by atoms with E-state index in [0.29, 0.717) is 18.7 Å². The van der Waals surface area contributed by atoms with Crippen molar-refractivity contribution in [2.75, 3.05) is 13.1 Å². The number of hydrogen-bond donors (Lipinski definition) is 2. The number of carboxylic acids is 1. The molecule has 6 nitrogen and oxygen atoms in total. The van der Waals surface area contributed by atoms with Crippen LogP contribution in [0, 0.1) is 11.8 Å². The second-order valence-corrected chi connectivity index (χ2v) is 9.32. The average Bonchev–Trinajstić information content (AvgIpc) is 2.93. The quantitative estimate of drug-likeness (QED) is 0.856.